The molecule has 2 unspecified atom stereocenters. The van der Waals surface area contributed by atoms with Crippen LogP contribution >= 0.6 is 0 Å². The number of aromatic nitrogens is 2. The van der Waals surface area contributed by atoms with E-state index < -0.39 is 0 Å². The normalized spacial score (nSPS) is 20.2. The summed E-state index contributed by atoms with van der Waals surface area (Å²) in [5.74, 6) is 0.385. The molecule has 2 heterocycles. The maximum Gasteiger partial charge on any atom is 0.0994 e. The molecule has 0 bridgehead atoms. The van der Waals surface area contributed by atoms with Gasteiger partial charge in [0.2, 0.25) is 0 Å². The fraction of sp³-hybridized carbons (Fsp3) is 0.438. The van der Waals surface area contributed by atoms with Gasteiger partial charge in [-0.15, -0.1) is 0 Å². The topological polar surface area (TPSA) is 53.1 Å². The van der Waals surface area contributed by atoms with Crippen LogP contribution in [0.15, 0.2) is 30.7 Å². The summed E-state index contributed by atoms with van der Waals surface area (Å²) in [6, 6.07) is 6.41. The predicted octanol–water partition coefficient (Wildman–Crippen LogP) is 2.53. The van der Waals surface area contributed by atoms with E-state index >= 15 is 0 Å². The Labute approximate surface area is 119 Å². The van der Waals surface area contributed by atoms with Crippen molar-refractivity contribution in [3.63, 3.8) is 0 Å². The highest BCUT2D eigenvalue weighted by molar-refractivity contribution is 5.44. The molecule has 4 heteroatoms. The van der Waals surface area contributed by atoms with E-state index in [9.17, 15) is 0 Å². The van der Waals surface area contributed by atoms with Gasteiger partial charge in [0.25, 0.3) is 0 Å². The van der Waals surface area contributed by atoms with Gasteiger partial charge in [-0.3, -0.25) is 0 Å². The van der Waals surface area contributed by atoms with Crippen molar-refractivity contribution in [3.8, 4) is 5.69 Å². The first kappa shape index (κ1) is 13.3. The Balaban J connectivity index is 1.97. The summed E-state index contributed by atoms with van der Waals surface area (Å²) < 4.78 is 7.56. The molecule has 106 valence electrons. The van der Waals surface area contributed by atoms with Gasteiger partial charge in [0.1, 0.15) is 0 Å². The second-order valence-corrected chi connectivity index (χ2v) is 5.63. The van der Waals surface area contributed by atoms with E-state index in [1.165, 1.54) is 11.1 Å². The van der Waals surface area contributed by atoms with E-state index in [-0.39, 0.29) is 6.04 Å². The van der Waals surface area contributed by atoms with Crippen molar-refractivity contribution < 1.29 is 4.74 Å². The molecule has 4 nitrogen and oxygen atoms in total. The molecule has 20 heavy (non-hydrogen) atoms. The molecule has 0 aliphatic carbocycles. The molecule has 1 fully saturated rings. The van der Waals surface area contributed by atoms with Crippen LogP contribution in [0.25, 0.3) is 5.69 Å². The molecule has 1 aromatic carbocycles. The van der Waals surface area contributed by atoms with E-state index in [1.807, 2.05) is 12.5 Å². The summed E-state index contributed by atoms with van der Waals surface area (Å²) in [6.45, 7) is 5.79. The van der Waals surface area contributed by atoms with Crippen LogP contribution < -0.4 is 5.73 Å². The van der Waals surface area contributed by atoms with Crippen molar-refractivity contribution in [1.29, 1.82) is 0 Å². The maximum atomic E-state index is 6.42. The summed E-state index contributed by atoms with van der Waals surface area (Å²) in [5.41, 5.74) is 11.1. The zero-order chi connectivity index (χ0) is 14.1. The van der Waals surface area contributed by atoms with Crippen molar-refractivity contribution in [2.45, 2.75) is 26.3 Å². The van der Waals surface area contributed by atoms with Crippen LogP contribution in [0.5, 0.6) is 0 Å². The lowest BCUT2D eigenvalue weighted by Gasteiger charge is -2.20. The fourth-order valence-corrected chi connectivity index (χ4v) is 2.91. The number of imidazole rings is 1. The van der Waals surface area contributed by atoms with E-state index in [4.69, 9.17) is 10.5 Å². The lowest BCUT2D eigenvalue weighted by atomic mass is 9.97. The third-order valence-corrected chi connectivity index (χ3v) is 4.09. The van der Waals surface area contributed by atoms with E-state index in [1.54, 1.807) is 0 Å². The molecule has 2 atom stereocenters. The highest BCUT2D eigenvalue weighted by Gasteiger charge is 2.26. The number of ether oxygens (including phenoxy) is 1. The summed E-state index contributed by atoms with van der Waals surface area (Å²) in [6.07, 6.45) is 4.75. The van der Waals surface area contributed by atoms with Crippen LogP contribution in [0.1, 0.15) is 29.3 Å². The van der Waals surface area contributed by atoms with Gasteiger partial charge in [-0.05, 0) is 31.9 Å². The molecule has 2 aromatic rings. The minimum atomic E-state index is -0.0271. The van der Waals surface area contributed by atoms with Crippen LogP contribution in [-0.4, -0.2) is 22.8 Å². The van der Waals surface area contributed by atoms with Gasteiger partial charge in [-0.2, -0.15) is 0 Å². The third-order valence-electron chi connectivity index (χ3n) is 4.09. The monoisotopic (exact) mass is 271 g/mol. The first-order chi connectivity index (χ1) is 9.66. The largest absolute Gasteiger partial charge is 0.381 e. The number of rotatable bonds is 3. The minimum absolute atomic E-state index is 0.0271. The molecule has 1 aromatic heterocycles. The van der Waals surface area contributed by atoms with E-state index in [2.05, 4.69) is 41.6 Å². The molecule has 1 saturated heterocycles. The second-order valence-electron chi connectivity index (χ2n) is 5.63. The number of aryl methyl sites for hydroxylation is 2. The molecule has 2 N–H and O–H groups in total. The van der Waals surface area contributed by atoms with Gasteiger partial charge in [0.15, 0.2) is 0 Å². The molecule has 1 aliphatic heterocycles. The quantitative estimate of drug-likeness (QED) is 0.933. The van der Waals surface area contributed by atoms with Gasteiger partial charge >= 0.3 is 0 Å². The Hall–Kier alpha value is -1.65. The molecule has 0 spiro atoms. The number of nitrogens with zero attached hydrogens (tertiary/aromatic N) is 2. The van der Waals surface area contributed by atoms with Gasteiger partial charge < -0.3 is 15.0 Å². The molecule has 0 saturated carbocycles. The highest BCUT2D eigenvalue weighted by Crippen LogP contribution is 2.28. The first-order valence-corrected chi connectivity index (χ1v) is 7.10. The third kappa shape index (κ3) is 2.37. The zero-order valence-electron chi connectivity index (χ0n) is 12.0. The Bertz CT molecular complexity index is 600. The van der Waals surface area contributed by atoms with Crippen molar-refractivity contribution in [2.24, 2.45) is 11.7 Å². The van der Waals surface area contributed by atoms with Crippen molar-refractivity contribution in [2.75, 3.05) is 13.2 Å². The van der Waals surface area contributed by atoms with Gasteiger partial charge in [-0.25, -0.2) is 4.98 Å². The molecule has 0 radical (unpaired) electrons. The van der Waals surface area contributed by atoms with Crippen LogP contribution in [0, 0.1) is 19.8 Å². The second kappa shape index (κ2) is 5.38. The van der Waals surface area contributed by atoms with Crippen LogP contribution in [-0.2, 0) is 4.74 Å². The average Bonchev–Trinajstić information content (AvgIpc) is 3.09. The standard InChI is InChI=1S/C16H21N3O/c1-11-3-4-14(12(2)7-11)19-10-18-8-15(19)16(17)13-5-6-20-9-13/h3-4,7-8,10,13,16H,5-6,9,17H2,1-2H3. The van der Waals surface area contributed by atoms with Crippen molar-refractivity contribution in [1.82, 2.24) is 9.55 Å². The van der Waals surface area contributed by atoms with Gasteiger partial charge in [0, 0.05) is 18.2 Å². The van der Waals surface area contributed by atoms with Crippen LogP contribution in [0.4, 0.5) is 0 Å². The van der Waals surface area contributed by atoms with E-state index in [0.29, 0.717) is 5.92 Å². The number of hydrogen-bond donors (Lipinski definition) is 1. The Kier molecular flexibility index (Phi) is 3.59. The highest BCUT2D eigenvalue weighted by atomic mass is 16.5. The molecule has 0 amide bonds. The first-order valence-electron chi connectivity index (χ1n) is 7.10. The molecule has 3 rings (SSSR count). The lowest BCUT2D eigenvalue weighted by Crippen LogP contribution is -2.24. The summed E-state index contributed by atoms with van der Waals surface area (Å²) >= 11 is 0. The minimum Gasteiger partial charge on any atom is -0.381 e. The van der Waals surface area contributed by atoms with Crippen LogP contribution in [0.2, 0.25) is 0 Å². The number of hydrogen-bond acceptors (Lipinski definition) is 3. The Morgan fingerprint density at radius 1 is 1.40 bits per heavy atom. The summed E-state index contributed by atoms with van der Waals surface area (Å²) in [5, 5.41) is 0. The SMILES string of the molecule is Cc1ccc(-n2cncc2C(N)C2CCOC2)c(C)c1. The van der Waals surface area contributed by atoms with E-state index in [0.717, 1.165) is 31.0 Å². The maximum absolute atomic E-state index is 6.42. The molecular formula is C16H21N3O. The Morgan fingerprint density at radius 2 is 2.25 bits per heavy atom. The van der Waals surface area contributed by atoms with Crippen LogP contribution in [0.3, 0.4) is 0 Å². The summed E-state index contributed by atoms with van der Waals surface area (Å²) in [7, 11) is 0. The van der Waals surface area contributed by atoms with Gasteiger partial charge in [-0.1, -0.05) is 17.7 Å². The van der Waals surface area contributed by atoms with Crippen molar-refractivity contribution >= 4 is 0 Å². The smallest absolute Gasteiger partial charge is 0.0994 e. The Morgan fingerprint density at radius 3 is 2.95 bits per heavy atom. The van der Waals surface area contributed by atoms with Crippen molar-refractivity contribution in [3.05, 3.63) is 47.5 Å². The molecular weight excluding hydrogens is 250 g/mol. The van der Waals surface area contributed by atoms with Gasteiger partial charge in [0.05, 0.1) is 30.9 Å². The number of nitrogens with two attached hydrogens (primary N) is 1. The molecule has 1 aliphatic rings. The zero-order valence-corrected chi connectivity index (χ0v) is 12.0. The average molecular weight is 271 g/mol. The lowest BCUT2D eigenvalue weighted by molar-refractivity contribution is 0.180. The summed E-state index contributed by atoms with van der Waals surface area (Å²) in [4.78, 5) is 4.30. The fourth-order valence-electron chi connectivity index (χ4n) is 2.91. The predicted molar refractivity (Wildman–Crippen MR) is 78.9 cm³/mol. The number of benzene rings is 1.